The van der Waals surface area contributed by atoms with Gasteiger partial charge in [-0.15, -0.1) is 0 Å². The molecule has 158 valence electrons. The molecule has 5 nitrogen and oxygen atoms in total. The van der Waals surface area contributed by atoms with Crippen LogP contribution in [-0.2, 0) is 6.42 Å². The zero-order valence-corrected chi connectivity index (χ0v) is 18.2. The minimum Gasteiger partial charge on any atom is -0.497 e. The van der Waals surface area contributed by atoms with Crippen LogP contribution in [0.5, 0.6) is 5.75 Å². The van der Waals surface area contributed by atoms with E-state index < -0.39 is 0 Å². The van der Waals surface area contributed by atoms with Crippen LogP contribution < -0.4 is 9.64 Å². The van der Waals surface area contributed by atoms with Crippen molar-refractivity contribution in [1.82, 2.24) is 9.97 Å². The zero-order valence-electron chi connectivity index (χ0n) is 18.2. The highest BCUT2D eigenvalue weighted by Crippen LogP contribution is 2.24. The molecule has 0 amide bonds. The van der Waals surface area contributed by atoms with Crippen LogP contribution >= 0.6 is 0 Å². The molecule has 31 heavy (non-hydrogen) atoms. The van der Waals surface area contributed by atoms with Crippen molar-refractivity contribution in [1.29, 1.82) is 0 Å². The average molecular weight is 414 g/mol. The van der Waals surface area contributed by atoms with Crippen molar-refractivity contribution in [3.8, 4) is 17.1 Å². The molecule has 5 heteroatoms. The van der Waals surface area contributed by atoms with Gasteiger partial charge in [0.25, 0.3) is 0 Å². The minimum atomic E-state index is 0.111. The summed E-state index contributed by atoms with van der Waals surface area (Å²) in [6.07, 6.45) is 0.359. The number of benzene rings is 3. The molecule has 1 aromatic heterocycles. The number of nitrogens with one attached hydrogen (secondary N) is 1. The van der Waals surface area contributed by atoms with E-state index in [-0.39, 0.29) is 5.78 Å². The summed E-state index contributed by atoms with van der Waals surface area (Å²) < 4.78 is 5.22. The minimum absolute atomic E-state index is 0.111. The van der Waals surface area contributed by atoms with Gasteiger partial charge in [-0.2, -0.15) is 0 Å². The number of aromatic amines is 1. The number of carbonyl (C=O) groups is 1. The van der Waals surface area contributed by atoms with Crippen LogP contribution in [0.3, 0.4) is 0 Å². The van der Waals surface area contributed by atoms with Crippen LogP contribution in [0.4, 0.5) is 5.69 Å². The number of aromatic nitrogens is 2. The molecule has 3 aromatic carbocycles. The Morgan fingerprint density at radius 3 is 2.32 bits per heavy atom. The molecule has 0 saturated heterocycles. The van der Waals surface area contributed by atoms with Gasteiger partial charge in [0.05, 0.1) is 18.1 Å². The van der Waals surface area contributed by atoms with Crippen molar-refractivity contribution in [2.24, 2.45) is 0 Å². The van der Waals surface area contributed by atoms with Gasteiger partial charge >= 0.3 is 0 Å². The van der Waals surface area contributed by atoms with E-state index in [1.54, 1.807) is 7.11 Å². The second-order valence-electron chi connectivity index (χ2n) is 7.48. The van der Waals surface area contributed by atoms with Gasteiger partial charge in [0, 0.05) is 36.3 Å². The molecule has 0 aliphatic heterocycles. The van der Waals surface area contributed by atoms with E-state index >= 15 is 0 Å². The lowest BCUT2D eigenvalue weighted by atomic mass is 10.0. The Morgan fingerprint density at radius 1 is 0.968 bits per heavy atom. The van der Waals surface area contributed by atoms with Crippen molar-refractivity contribution >= 4 is 22.5 Å². The molecule has 0 aliphatic rings. The van der Waals surface area contributed by atoms with E-state index in [0.29, 0.717) is 6.42 Å². The maximum absolute atomic E-state index is 12.8. The van der Waals surface area contributed by atoms with Crippen molar-refractivity contribution in [3.63, 3.8) is 0 Å². The fourth-order valence-corrected chi connectivity index (χ4v) is 3.79. The summed E-state index contributed by atoms with van der Waals surface area (Å²) in [7, 11) is 1.65. The number of methoxy groups -OCH3 is 1. The zero-order chi connectivity index (χ0) is 21.8. The first-order chi connectivity index (χ1) is 15.1. The van der Waals surface area contributed by atoms with Gasteiger partial charge < -0.3 is 14.6 Å². The molecule has 0 unspecified atom stereocenters. The number of H-pyrrole nitrogens is 1. The number of Topliss-reactive ketones (excluding diaryl/α,β-unsaturated/α-hetero) is 1. The van der Waals surface area contributed by atoms with E-state index in [4.69, 9.17) is 4.74 Å². The third-order valence-electron chi connectivity index (χ3n) is 5.59. The number of anilines is 1. The standard InChI is InChI=1S/C26H27N3O2/c1-4-29(5-2)21-11-7-19(8-12-21)25(30)17-18-6-15-23-24(16-18)28-26(27-23)20-9-13-22(31-3)14-10-20/h6-16H,4-5,17H2,1-3H3,(H,27,28). The third kappa shape index (κ3) is 4.45. The SMILES string of the molecule is CCN(CC)c1ccc(C(=O)Cc2ccc3nc(-c4ccc(OC)cc4)[nH]c3c2)cc1. The Bertz CT molecular complexity index is 1170. The lowest BCUT2D eigenvalue weighted by molar-refractivity contribution is 0.0993. The quantitative estimate of drug-likeness (QED) is 0.387. The fraction of sp³-hybridized carbons (Fsp3) is 0.231. The Morgan fingerprint density at radius 2 is 1.68 bits per heavy atom. The van der Waals surface area contributed by atoms with Gasteiger partial charge in [0.15, 0.2) is 5.78 Å². The predicted molar refractivity (Wildman–Crippen MR) is 126 cm³/mol. The van der Waals surface area contributed by atoms with Crippen molar-refractivity contribution < 1.29 is 9.53 Å². The van der Waals surface area contributed by atoms with Crippen LogP contribution in [0.1, 0.15) is 29.8 Å². The summed E-state index contributed by atoms with van der Waals surface area (Å²) >= 11 is 0. The van der Waals surface area contributed by atoms with Gasteiger partial charge in [-0.3, -0.25) is 4.79 Å². The van der Waals surface area contributed by atoms with Crippen LogP contribution in [0, 0.1) is 0 Å². The van der Waals surface area contributed by atoms with Gasteiger partial charge in [-0.25, -0.2) is 4.98 Å². The summed E-state index contributed by atoms with van der Waals surface area (Å²) in [5.74, 6) is 1.72. The average Bonchev–Trinajstić information content (AvgIpc) is 3.24. The van der Waals surface area contributed by atoms with Crippen LogP contribution in [0.25, 0.3) is 22.4 Å². The van der Waals surface area contributed by atoms with Gasteiger partial charge in [-0.05, 0) is 80.1 Å². The molecule has 4 aromatic rings. The highest BCUT2D eigenvalue weighted by Gasteiger charge is 2.11. The smallest absolute Gasteiger partial charge is 0.167 e. The van der Waals surface area contributed by atoms with Crippen molar-refractivity contribution in [2.75, 3.05) is 25.1 Å². The molecule has 1 heterocycles. The normalized spacial score (nSPS) is 10.9. The molecular weight excluding hydrogens is 386 g/mol. The van der Waals surface area contributed by atoms with Gasteiger partial charge in [0.1, 0.15) is 11.6 Å². The lowest BCUT2D eigenvalue weighted by Gasteiger charge is -2.21. The van der Waals surface area contributed by atoms with Gasteiger partial charge in [0.2, 0.25) is 0 Å². The number of hydrogen-bond acceptors (Lipinski definition) is 4. The lowest BCUT2D eigenvalue weighted by Crippen LogP contribution is -2.21. The second kappa shape index (κ2) is 9.04. The Labute approximate surface area is 182 Å². The predicted octanol–water partition coefficient (Wildman–Crippen LogP) is 5.51. The monoisotopic (exact) mass is 413 g/mol. The first-order valence-electron chi connectivity index (χ1n) is 10.6. The summed E-state index contributed by atoms with van der Waals surface area (Å²) in [6, 6.07) is 21.6. The molecule has 0 fully saturated rings. The summed E-state index contributed by atoms with van der Waals surface area (Å²) in [5.41, 5.74) is 5.64. The molecule has 1 N–H and O–H groups in total. The summed E-state index contributed by atoms with van der Waals surface area (Å²) in [4.78, 5) is 23.1. The number of carbonyl (C=O) groups excluding carboxylic acids is 1. The number of ether oxygens (including phenoxy) is 1. The fourth-order valence-electron chi connectivity index (χ4n) is 3.79. The van der Waals surface area contributed by atoms with Crippen LogP contribution in [0.15, 0.2) is 66.7 Å². The Hall–Kier alpha value is -3.60. The number of imidazole rings is 1. The third-order valence-corrected chi connectivity index (χ3v) is 5.59. The van der Waals surface area contributed by atoms with E-state index in [9.17, 15) is 4.79 Å². The van der Waals surface area contributed by atoms with E-state index in [1.165, 1.54) is 0 Å². The number of fused-ring (bicyclic) bond motifs is 1. The topological polar surface area (TPSA) is 58.2 Å². The van der Waals surface area contributed by atoms with E-state index in [2.05, 4.69) is 28.7 Å². The van der Waals surface area contributed by atoms with E-state index in [0.717, 1.165) is 58.1 Å². The van der Waals surface area contributed by atoms with Crippen molar-refractivity contribution in [3.05, 3.63) is 77.9 Å². The number of ketones is 1. The van der Waals surface area contributed by atoms with Crippen LogP contribution in [0.2, 0.25) is 0 Å². The molecular formula is C26H27N3O2. The number of hydrogen-bond donors (Lipinski definition) is 1. The molecule has 0 aliphatic carbocycles. The first kappa shape index (κ1) is 20.7. The molecule has 0 bridgehead atoms. The largest absolute Gasteiger partial charge is 0.497 e. The van der Waals surface area contributed by atoms with Gasteiger partial charge in [-0.1, -0.05) is 6.07 Å². The molecule has 0 saturated carbocycles. The first-order valence-corrected chi connectivity index (χ1v) is 10.6. The van der Waals surface area contributed by atoms with Crippen molar-refractivity contribution in [2.45, 2.75) is 20.3 Å². The molecule has 0 atom stereocenters. The highest BCUT2D eigenvalue weighted by molar-refractivity contribution is 5.98. The molecule has 4 rings (SSSR count). The second-order valence-corrected chi connectivity index (χ2v) is 7.48. The molecule has 0 spiro atoms. The van der Waals surface area contributed by atoms with Crippen LogP contribution in [-0.4, -0.2) is 36.0 Å². The maximum atomic E-state index is 12.8. The summed E-state index contributed by atoms with van der Waals surface area (Å²) in [5, 5.41) is 0. The van der Waals surface area contributed by atoms with E-state index in [1.807, 2.05) is 66.7 Å². The highest BCUT2D eigenvalue weighted by atomic mass is 16.5. The summed E-state index contributed by atoms with van der Waals surface area (Å²) in [6.45, 7) is 6.17. The molecule has 0 radical (unpaired) electrons. The number of rotatable bonds is 8. The Kier molecular flexibility index (Phi) is 6.03. The Balaban J connectivity index is 1.51. The number of nitrogens with zero attached hydrogens (tertiary/aromatic N) is 2. The maximum Gasteiger partial charge on any atom is 0.167 e.